The van der Waals surface area contributed by atoms with Gasteiger partial charge in [0.1, 0.15) is 0 Å². The van der Waals surface area contributed by atoms with Crippen LogP contribution in [0.2, 0.25) is 0 Å². The van der Waals surface area contributed by atoms with Gasteiger partial charge in [-0.1, -0.05) is 0 Å². The SMILES string of the molecule is CN=C(NCCN1CCc2sccc2C1)N1CCC(OCCCOC)CC1. The standard InChI is InChI=1S/C20H34N4O2S/c1-21-20(24-10-4-18(5-11-24)26-14-3-13-25-2)22-8-12-23-9-6-19-17(16-23)7-15-27-19/h7,15,18H,3-6,8-14,16H2,1-2H3,(H,21,22). The fourth-order valence-electron chi connectivity index (χ4n) is 3.84. The highest BCUT2D eigenvalue weighted by Gasteiger charge is 2.22. The summed E-state index contributed by atoms with van der Waals surface area (Å²) >= 11 is 1.90. The van der Waals surface area contributed by atoms with Gasteiger partial charge < -0.3 is 19.7 Å². The van der Waals surface area contributed by atoms with E-state index in [0.29, 0.717) is 6.10 Å². The number of likely N-dealkylation sites (tertiary alicyclic amines) is 1. The van der Waals surface area contributed by atoms with Crippen molar-refractivity contribution < 1.29 is 9.47 Å². The van der Waals surface area contributed by atoms with E-state index < -0.39 is 0 Å². The number of hydrogen-bond acceptors (Lipinski definition) is 5. The van der Waals surface area contributed by atoms with Gasteiger partial charge in [0.05, 0.1) is 6.10 Å². The molecule has 152 valence electrons. The van der Waals surface area contributed by atoms with Gasteiger partial charge in [0.2, 0.25) is 0 Å². The van der Waals surface area contributed by atoms with Crippen LogP contribution < -0.4 is 5.32 Å². The quantitative estimate of drug-likeness (QED) is 0.416. The molecule has 2 aliphatic heterocycles. The molecule has 1 aromatic heterocycles. The highest BCUT2D eigenvalue weighted by Crippen LogP contribution is 2.23. The van der Waals surface area contributed by atoms with Crippen LogP contribution in [0.3, 0.4) is 0 Å². The van der Waals surface area contributed by atoms with Crippen LogP contribution in [0.25, 0.3) is 0 Å². The maximum atomic E-state index is 5.96. The number of piperidine rings is 1. The van der Waals surface area contributed by atoms with Crippen LogP contribution in [-0.4, -0.2) is 82.0 Å². The lowest BCUT2D eigenvalue weighted by atomic mass is 10.1. The van der Waals surface area contributed by atoms with E-state index in [1.54, 1.807) is 12.0 Å². The van der Waals surface area contributed by atoms with E-state index in [-0.39, 0.29) is 0 Å². The molecule has 1 fully saturated rings. The van der Waals surface area contributed by atoms with Gasteiger partial charge in [-0.2, -0.15) is 0 Å². The van der Waals surface area contributed by atoms with Crippen molar-refractivity contribution in [3.63, 3.8) is 0 Å². The molecule has 1 aromatic rings. The first kappa shape index (κ1) is 20.6. The Kier molecular flexibility index (Phi) is 8.38. The van der Waals surface area contributed by atoms with E-state index in [2.05, 4.69) is 31.6 Å². The number of nitrogens with one attached hydrogen (secondary N) is 1. The molecule has 0 amide bonds. The number of guanidine groups is 1. The van der Waals surface area contributed by atoms with E-state index >= 15 is 0 Å². The number of hydrogen-bond donors (Lipinski definition) is 1. The average Bonchev–Trinajstić information content (AvgIpc) is 3.17. The second-order valence-corrected chi connectivity index (χ2v) is 8.27. The first-order valence-electron chi connectivity index (χ1n) is 10.1. The number of rotatable bonds is 8. The van der Waals surface area contributed by atoms with E-state index in [4.69, 9.17) is 9.47 Å². The van der Waals surface area contributed by atoms with Gasteiger partial charge in [-0.25, -0.2) is 0 Å². The van der Waals surface area contributed by atoms with Gasteiger partial charge in [-0.15, -0.1) is 11.3 Å². The predicted molar refractivity (Wildman–Crippen MR) is 112 cm³/mol. The van der Waals surface area contributed by atoms with Crippen LogP contribution in [0.4, 0.5) is 0 Å². The van der Waals surface area contributed by atoms with Crippen molar-refractivity contribution in [3.05, 3.63) is 21.9 Å². The second-order valence-electron chi connectivity index (χ2n) is 7.27. The van der Waals surface area contributed by atoms with Crippen molar-refractivity contribution in [2.75, 3.05) is 60.1 Å². The molecule has 0 aliphatic carbocycles. The van der Waals surface area contributed by atoms with Crippen molar-refractivity contribution in [3.8, 4) is 0 Å². The maximum absolute atomic E-state index is 5.96. The summed E-state index contributed by atoms with van der Waals surface area (Å²) in [6, 6.07) is 2.28. The summed E-state index contributed by atoms with van der Waals surface area (Å²) in [5.41, 5.74) is 1.52. The molecule has 7 heteroatoms. The number of fused-ring (bicyclic) bond motifs is 1. The first-order valence-corrected chi connectivity index (χ1v) is 11.0. The zero-order valence-electron chi connectivity index (χ0n) is 16.8. The summed E-state index contributed by atoms with van der Waals surface area (Å²) in [5.74, 6) is 1.03. The summed E-state index contributed by atoms with van der Waals surface area (Å²) in [7, 11) is 3.62. The predicted octanol–water partition coefficient (Wildman–Crippen LogP) is 2.20. The van der Waals surface area contributed by atoms with Crippen LogP contribution in [0.1, 0.15) is 29.7 Å². The van der Waals surface area contributed by atoms with Gasteiger partial charge in [0, 0.05) is 71.5 Å². The molecule has 0 unspecified atom stereocenters. The monoisotopic (exact) mass is 394 g/mol. The van der Waals surface area contributed by atoms with Crippen LogP contribution in [0.5, 0.6) is 0 Å². The molecule has 3 rings (SSSR count). The normalized spacial score (nSPS) is 19.3. The van der Waals surface area contributed by atoms with Crippen LogP contribution in [-0.2, 0) is 22.4 Å². The van der Waals surface area contributed by atoms with E-state index in [9.17, 15) is 0 Å². The molecule has 1 saturated heterocycles. The molecule has 27 heavy (non-hydrogen) atoms. The van der Waals surface area contributed by atoms with E-state index in [0.717, 1.165) is 71.2 Å². The summed E-state index contributed by atoms with van der Waals surface area (Å²) < 4.78 is 11.0. The van der Waals surface area contributed by atoms with Crippen molar-refractivity contribution in [2.24, 2.45) is 4.99 Å². The summed E-state index contributed by atoms with van der Waals surface area (Å²) in [4.78, 5) is 11.0. The smallest absolute Gasteiger partial charge is 0.193 e. The molecule has 2 aliphatic rings. The minimum atomic E-state index is 0.379. The molecule has 0 atom stereocenters. The Bertz CT molecular complexity index is 584. The van der Waals surface area contributed by atoms with Gasteiger partial charge in [-0.3, -0.25) is 9.89 Å². The number of thiophene rings is 1. The Morgan fingerprint density at radius 3 is 2.93 bits per heavy atom. The second kappa shape index (κ2) is 11.0. The van der Waals surface area contributed by atoms with E-state index in [1.807, 2.05) is 18.4 Å². The third kappa shape index (κ3) is 6.17. The Morgan fingerprint density at radius 1 is 1.30 bits per heavy atom. The summed E-state index contributed by atoms with van der Waals surface area (Å²) in [5, 5.41) is 5.78. The number of methoxy groups -OCH3 is 1. The van der Waals surface area contributed by atoms with E-state index in [1.165, 1.54) is 18.5 Å². The Morgan fingerprint density at radius 2 is 2.15 bits per heavy atom. The highest BCUT2D eigenvalue weighted by molar-refractivity contribution is 7.10. The van der Waals surface area contributed by atoms with Crippen molar-refractivity contribution in [2.45, 2.75) is 38.3 Å². The van der Waals surface area contributed by atoms with Gasteiger partial charge >= 0.3 is 0 Å². The van der Waals surface area contributed by atoms with Gasteiger partial charge in [0.25, 0.3) is 0 Å². The topological polar surface area (TPSA) is 49.3 Å². The van der Waals surface area contributed by atoms with Crippen molar-refractivity contribution in [1.82, 2.24) is 15.1 Å². The molecule has 0 saturated carbocycles. The van der Waals surface area contributed by atoms with Crippen LogP contribution in [0.15, 0.2) is 16.4 Å². The van der Waals surface area contributed by atoms with Gasteiger partial charge in [-0.05, 0) is 42.7 Å². The highest BCUT2D eigenvalue weighted by atomic mass is 32.1. The number of ether oxygens (including phenoxy) is 2. The van der Waals surface area contributed by atoms with Gasteiger partial charge in [0.15, 0.2) is 5.96 Å². The molecule has 1 N–H and O–H groups in total. The molecule has 0 bridgehead atoms. The minimum absolute atomic E-state index is 0.379. The third-order valence-electron chi connectivity index (χ3n) is 5.40. The largest absolute Gasteiger partial charge is 0.385 e. The van der Waals surface area contributed by atoms with Crippen LogP contribution >= 0.6 is 11.3 Å². The summed E-state index contributed by atoms with van der Waals surface area (Å²) in [6.07, 6.45) is 4.69. The Labute approximate surface area is 167 Å². The summed E-state index contributed by atoms with van der Waals surface area (Å²) in [6.45, 7) is 7.86. The molecular weight excluding hydrogens is 360 g/mol. The minimum Gasteiger partial charge on any atom is -0.385 e. The molecule has 3 heterocycles. The number of nitrogens with zero attached hydrogens (tertiary/aromatic N) is 3. The molecule has 0 spiro atoms. The molecular formula is C20H34N4O2S. The van der Waals surface area contributed by atoms with Crippen molar-refractivity contribution >= 4 is 17.3 Å². The Hall–Kier alpha value is -1.15. The first-order chi connectivity index (χ1) is 13.3. The molecule has 6 nitrogen and oxygen atoms in total. The molecule has 0 aromatic carbocycles. The van der Waals surface area contributed by atoms with Crippen molar-refractivity contribution in [1.29, 1.82) is 0 Å². The zero-order valence-corrected chi connectivity index (χ0v) is 17.6. The Balaban J connectivity index is 1.33. The van der Waals surface area contributed by atoms with Crippen LogP contribution in [0, 0.1) is 0 Å². The maximum Gasteiger partial charge on any atom is 0.193 e. The zero-order chi connectivity index (χ0) is 18.9. The lowest BCUT2D eigenvalue weighted by molar-refractivity contribution is 0.00989. The lowest BCUT2D eigenvalue weighted by Gasteiger charge is -2.34. The number of aliphatic imine (C=N–C) groups is 1. The lowest BCUT2D eigenvalue weighted by Crippen LogP contribution is -2.48. The molecule has 0 radical (unpaired) electrons. The third-order valence-corrected chi connectivity index (χ3v) is 6.42. The fourth-order valence-corrected chi connectivity index (χ4v) is 4.73. The average molecular weight is 395 g/mol. The fraction of sp³-hybridized carbons (Fsp3) is 0.750.